The molecule has 3 rings (SSSR count). The Morgan fingerprint density at radius 1 is 1.00 bits per heavy atom. The molecule has 1 aromatic carbocycles. The summed E-state index contributed by atoms with van der Waals surface area (Å²) in [6, 6.07) is 4.96. The van der Waals surface area contributed by atoms with Crippen molar-refractivity contribution in [3.05, 3.63) is 40.4 Å². The Kier molecular flexibility index (Phi) is 3.11. The van der Waals surface area contributed by atoms with E-state index in [-0.39, 0.29) is 28.7 Å². The molecule has 1 saturated heterocycles. The molecule has 1 fully saturated rings. The van der Waals surface area contributed by atoms with E-state index in [2.05, 4.69) is 0 Å². The van der Waals surface area contributed by atoms with Gasteiger partial charge in [0.2, 0.25) is 11.8 Å². The molecule has 0 aromatic heterocycles. The lowest BCUT2D eigenvalue weighted by Gasteiger charge is -2.16. The van der Waals surface area contributed by atoms with E-state index >= 15 is 0 Å². The molecule has 0 N–H and O–H groups in total. The Balaban J connectivity index is 2.04. The third-order valence-corrected chi connectivity index (χ3v) is 4.49. The molecule has 5 heteroatoms. The first-order valence-electron chi connectivity index (χ1n) is 6.08. The first-order chi connectivity index (χ1) is 9.11. The molecule has 1 aliphatic carbocycles. The quantitative estimate of drug-likeness (QED) is 0.588. The molecule has 0 bridgehead atoms. The Morgan fingerprint density at radius 3 is 2.16 bits per heavy atom. The van der Waals surface area contributed by atoms with Gasteiger partial charge in [0, 0.05) is 0 Å². The summed E-state index contributed by atoms with van der Waals surface area (Å²) in [7, 11) is 0. The predicted molar refractivity (Wildman–Crippen MR) is 74.3 cm³/mol. The van der Waals surface area contributed by atoms with Gasteiger partial charge in [0.15, 0.2) is 0 Å². The second-order valence-corrected chi connectivity index (χ2v) is 5.53. The summed E-state index contributed by atoms with van der Waals surface area (Å²) in [5.41, 5.74) is 0.388. The van der Waals surface area contributed by atoms with Gasteiger partial charge in [-0.05, 0) is 25.0 Å². The average molecular weight is 296 g/mol. The van der Waals surface area contributed by atoms with E-state index in [0.717, 1.165) is 0 Å². The Hall–Kier alpha value is -1.32. The second-order valence-electron chi connectivity index (χ2n) is 4.74. The molecule has 2 aliphatic rings. The van der Waals surface area contributed by atoms with Gasteiger partial charge in [-0.1, -0.05) is 41.4 Å². The fourth-order valence-corrected chi connectivity index (χ4v) is 3.08. The second kappa shape index (κ2) is 4.66. The molecule has 19 heavy (non-hydrogen) atoms. The summed E-state index contributed by atoms with van der Waals surface area (Å²) in [6.45, 7) is 0. The van der Waals surface area contributed by atoms with Gasteiger partial charge in [-0.2, -0.15) is 0 Å². The largest absolute Gasteiger partial charge is 0.274 e. The van der Waals surface area contributed by atoms with E-state index in [1.807, 2.05) is 12.2 Å². The average Bonchev–Trinajstić information content (AvgIpc) is 2.67. The zero-order chi connectivity index (χ0) is 13.6. The number of halogens is 2. The molecule has 3 nitrogen and oxygen atoms in total. The lowest BCUT2D eigenvalue weighted by atomic mass is 9.85. The minimum Gasteiger partial charge on any atom is -0.274 e. The minimum atomic E-state index is -0.257. The molecule has 0 saturated carbocycles. The van der Waals surface area contributed by atoms with Crippen LogP contribution in [0.2, 0.25) is 10.0 Å². The lowest BCUT2D eigenvalue weighted by Crippen LogP contribution is -2.31. The summed E-state index contributed by atoms with van der Waals surface area (Å²) >= 11 is 12.1. The van der Waals surface area contributed by atoms with Crippen molar-refractivity contribution in [2.75, 3.05) is 4.90 Å². The van der Waals surface area contributed by atoms with Crippen molar-refractivity contribution in [1.29, 1.82) is 0 Å². The predicted octanol–water partition coefficient (Wildman–Crippen LogP) is 3.45. The van der Waals surface area contributed by atoms with Crippen LogP contribution in [-0.2, 0) is 9.59 Å². The van der Waals surface area contributed by atoms with Crippen molar-refractivity contribution in [1.82, 2.24) is 0 Å². The van der Waals surface area contributed by atoms with Crippen LogP contribution in [0.3, 0.4) is 0 Å². The fourth-order valence-electron chi connectivity index (χ4n) is 2.70. The zero-order valence-electron chi connectivity index (χ0n) is 9.98. The van der Waals surface area contributed by atoms with Crippen molar-refractivity contribution in [3.8, 4) is 0 Å². The van der Waals surface area contributed by atoms with Crippen LogP contribution >= 0.6 is 23.2 Å². The van der Waals surface area contributed by atoms with Gasteiger partial charge in [-0.25, -0.2) is 4.90 Å². The normalized spacial score (nSPS) is 25.9. The van der Waals surface area contributed by atoms with Crippen LogP contribution in [0.5, 0.6) is 0 Å². The zero-order valence-corrected chi connectivity index (χ0v) is 11.5. The van der Waals surface area contributed by atoms with Gasteiger partial charge < -0.3 is 0 Å². The lowest BCUT2D eigenvalue weighted by molar-refractivity contribution is -0.122. The van der Waals surface area contributed by atoms with Crippen molar-refractivity contribution >= 4 is 40.7 Å². The summed E-state index contributed by atoms with van der Waals surface area (Å²) in [5.74, 6) is -0.868. The molecule has 0 radical (unpaired) electrons. The number of hydrogen-bond donors (Lipinski definition) is 0. The number of amides is 2. The van der Waals surface area contributed by atoms with Gasteiger partial charge in [0.05, 0.1) is 27.6 Å². The van der Waals surface area contributed by atoms with Gasteiger partial charge in [0.25, 0.3) is 0 Å². The molecule has 2 atom stereocenters. The molecule has 2 amide bonds. The maximum atomic E-state index is 12.4. The van der Waals surface area contributed by atoms with Crippen molar-refractivity contribution in [2.45, 2.75) is 12.8 Å². The van der Waals surface area contributed by atoms with Crippen LogP contribution in [0.1, 0.15) is 12.8 Å². The highest BCUT2D eigenvalue weighted by Crippen LogP contribution is 2.41. The number of carbonyl (C=O) groups is 2. The molecule has 98 valence electrons. The maximum absolute atomic E-state index is 12.4. The molecule has 1 aliphatic heterocycles. The van der Waals surface area contributed by atoms with Gasteiger partial charge in [-0.3, -0.25) is 9.59 Å². The molecule has 0 spiro atoms. The summed E-state index contributed by atoms with van der Waals surface area (Å²) in [6.07, 6.45) is 5.14. The topological polar surface area (TPSA) is 37.4 Å². The number of rotatable bonds is 1. The number of allylic oxidation sites excluding steroid dienone is 2. The van der Waals surface area contributed by atoms with Crippen LogP contribution in [-0.4, -0.2) is 11.8 Å². The van der Waals surface area contributed by atoms with Gasteiger partial charge >= 0.3 is 0 Å². The molecule has 0 unspecified atom stereocenters. The van der Waals surface area contributed by atoms with E-state index in [1.165, 1.54) is 4.90 Å². The van der Waals surface area contributed by atoms with E-state index in [1.54, 1.807) is 18.2 Å². The molecular formula is C14H11Cl2NO2. The number of fused-ring (bicyclic) bond motifs is 1. The number of imide groups is 1. The number of benzene rings is 1. The third kappa shape index (κ3) is 1.88. The fraction of sp³-hybridized carbons (Fsp3) is 0.286. The number of hydrogen-bond acceptors (Lipinski definition) is 2. The minimum absolute atomic E-state index is 0.177. The monoisotopic (exact) mass is 295 g/mol. The van der Waals surface area contributed by atoms with Crippen LogP contribution in [0, 0.1) is 11.8 Å². The Morgan fingerprint density at radius 2 is 1.58 bits per heavy atom. The number of anilines is 1. The molecule has 1 heterocycles. The first kappa shape index (κ1) is 12.7. The smallest absolute Gasteiger partial charge is 0.238 e. The Bertz CT molecular complexity index is 571. The molecular weight excluding hydrogens is 285 g/mol. The SMILES string of the molecule is O=C1[C@H]2CC=CC[C@H]2C(=O)N1c1cccc(Cl)c1Cl. The van der Waals surface area contributed by atoms with Crippen LogP contribution in [0.15, 0.2) is 30.4 Å². The maximum Gasteiger partial charge on any atom is 0.238 e. The highest BCUT2D eigenvalue weighted by atomic mass is 35.5. The highest BCUT2D eigenvalue weighted by Gasteiger charge is 2.48. The third-order valence-electron chi connectivity index (χ3n) is 3.68. The number of carbonyl (C=O) groups excluding carboxylic acids is 2. The van der Waals surface area contributed by atoms with Crippen molar-refractivity contribution < 1.29 is 9.59 Å². The van der Waals surface area contributed by atoms with E-state index < -0.39 is 0 Å². The van der Waals surface area contributed by atoms with E-state index in [9.17, 15) is 9.59 Å². The highest BCUT2D eigenvalue weighted by molar-refractivity contribution is 6.44. The van der Waals surface area contributed by atoms with Crippen molar-refractivity contribution in [3.63, 3.8) is 0 Å². The first-order valence-corrected chi connectivity index (χ1v) is 6.83. The van der Waals surface area contributed by atoms with Crippen LogP contribution < -0.4 is 4.90 Å². The van der Waals surface area contributed by atoms with Gasteiger partial charge in [-0.15, -0.1) is 0 Å². The van der Waals surface area contributed by atoms with Crippen LogP contribution in [0.25, 0.3) is 0 Å². The summed E-state index contributed by atoms with van der Waals surface area (Å²) < 4.78 is 0. The van der Waals surface area contributed by atoms with Crippen molar-refractivity contribution in [2.24, 2.45) is 11.8 Å². The molecule has 1 aromatic rings. The standard InChI is InChI=1S/C14H11Cl2NO2/c15-10-6-3-7-11(12(10)16)17-13(18)8-4-1-2-5-9(8)14(17)19/h1-3,6-9H,4-5H2/t8-,9+. The number of nitrogens with zero attached hydrogens (tertiary/aromatic N) is 1. The van der Waals surface area contributed by atoms with Gasteiger partial charge in [0.1, 0.15) is 0 Å². The summed E-state index contributed by atoms with van der Waals surface area (Å²) in [5, 5.41) is 0.588. The van der Waals surface area contributed by atoms with Crippen LogP contribution in [0.4, 0.5) is 5.69 Å². The van der Waals surface area contributed by atoms with E-state index in [4.69, 9.17) is 23.2 Å². The van der Waals surface area contributed by atoms with E-state index in [0.29, 0.717) is 23.6 Å². The Labute approximate surface area is 120 Å². The summed E-state index contributed by atoms with van der Waals surface area (Å²) in [4.78, 5) is 26.0.